The van der Waals surface area contributed by atoms with Crippen LogP contribution >= 0.6 is 11.8 Å². The molecule has 1 aliphatic heterocycles. The zero-order valence-electron chi connectivity index (χ0n) is 7.28. The summed E-state index contributed by atoms with van der Waals surface area (Å²) in [4.78, 5) is 10.3. The van der Waals surface area contributed by atoms with Gasteiger partial charge in [0.15, 0.2) is 0 Å². The molecule has 0 bridgehead atoms. The number of nitrogens with two attached hydrogens (primary N) is 1. The Kier molecular flexibility index (Phi) is 3.39. The largest absolute Gasteiger partial charge is 0.481 e. The van der Waals surface area contributed by atoms with E-state index in [0.717, 1.165) is 11.3 Å². The Balaban J connectivity index is 2.52. The summed E-state index contributed by atoms with van der Waals surface area (Å²) in [5.74, 6) is -0.824. The Morgan fingerprint density at radius 1 is 1.92 bits per heavy atom. The minimum absolute atomic E-state index is 0.0464. The molecule has 0 saturated heterocycles. The van der Waals surface area contributed by atoms with E-state index < -0.39 is 5.97 Å². The van der Waals surface area contributed by atoms with Crippen molar-refractivity contribution in [1.29, 1.82) is 0 Å². The van der Waals surface area contributed by atoms with Crippen molar-refractivity contribution in [3.05, 3.63) is 22.8 Å². The summed E-state index contributed by atoms with van der Waals surface area (Å²) >= 11 is 1.48. The van der Waals surface area contributed by atoms with Gasteiger partial charge in [-0.15, -0.1) is 0 Å². The van der Waals surface area contributed by atoms with E-state index >= 15 is 0 Å². The third-order valence-electron chi connectivity index (χ3n) is 1.64. The number of rotatable bonds is 3. The van der Waals surface area contributed by atoms with E-state index in [2.05, 4.69) is 5.32 Å². The van der Waals surface area contributed by atoms with E-state index in [1.54, 1.807) is 6.08 Å². The molecule has 0 aliphatic carbocycles. The third kappa shape index (κ3) is 3.12. The van der Waals surface area contributed by atoms with Crippen LogP contribution in [0.1, 0.15) is 13.3 Å². The first-order valence-corrected chi connectivity index (χ1v) is 4.80. The average Bonchev–Trinajstić information content (AvgIpc) is 2.47. The molecule has 1 aliphatic rings. The van der Waals surface area contributed by atoms with Gasteiger partial charge in [-0.05, 0) is 17.9 Å². The second-order valence-corrected chi connectivity index (χ2v) is 3.73. The van der Waals surface area contributed by atoms with Crippen LogP contribution in [0.2, 0.25) is 0 Å². The van der Waals surface area contributed by atoms with Gasteiger partial charge in [-0.3, -0.25) is 4.79 Å². The predicted molar refractivity (Wildman–Crippen MR) is 52.8 cm³/mol. The van der Waals surface area contributed by atoms with E-state index in [0.29, 0.717) is 0 Å². The fraction of sp³-hybridized carbons (Fsp3) is 0.375. The highest BCUT2D eigenvalue weighted by Crippen LogP contribution is 2.21. The topological polar surface area (TPSA) is 75.3 Å². The lowest BCUT2D eigenvalue weighted by Gasteiger charge is -2.07. The first kappa shape index (κ1) is 10.1. The normalized spacial score (nSPS) is 22.5. The number of nitrogens with one attached hydrogen (secondary N) is 1. The molecule has 0 saturated carbocycles. The molecule has 4 N–H and O–H groups in total. The van der Waals surface area contributed by atoms with Crippen LogP contribution < -0.4 is 11.1 Å². The van der Waals surface area contributed by atoms with Crippen molar-refractivity contribution in [2.75, 3.05) is 0 Å². The first-order valence-electron chi connectivity index (χ1n) is 3.86. The number of thioether (sulfide) groups is 1. The molecule has 4 nitrogen and oxygen atoms in total. The van der Waals surface area contributed by atoms with E-state index in [1.807, 2.05) is 12.3 Å². The highest BCUT2D eigenvalue weighted by molar-refractivity contribution is 8.02. The molecule has 1 heterocycles. The highest BCUT2D eigenvalue weighted by atomic mass is 32.2. The van der Waals surface area contributed by atoms with E-state index in [1.165, 1.54) is 11.8 Å². The van der Waals surface area contributed by atoms with Crippen molar-refractivity contribution >= 4 is 17.7 Å². The van der Waals surface area contributed by atoms with Crippen LogP contribution in [0.3, 0.4) is 0 Å². The van der Waals surface area contributed by atoms with Gasteiger partial charge in [-0.2, -0.15) is 0 Å². The molecular formula is C8H12N2O2S. The Morgan fingerprint density at radius 2 is 2.62 bits per heavy atom. The van der Waals surface area contributed by atoms with Crippen LogP contribution in [0.25, 0.3) is 0 Å². The second-order valence-electron chi connectivity index (χ2n) is 2.72. The molecular weight excluding hydrogens is 188 g/mol. The number of allylic oxidation sites excluding steroid dienone is 1. The van der Waals surface area contributed by atoms with Crippen LogP contribution in [0.5, 0.6) is 0 Å². The van der Waals surface area contributed by atoms with Gasteiger partial charge in [0.1, 0.15) is 5.50 Å². The van der Waals surface area contributed by atoms with E-state index in [-0.39, 0.29) is 11.9 Å². The molecule has 0 radical (unpaired) electrons. The van der Waals surface area contributed by atoms with Crippen molar-refractivity contribution in [2.45, 2.75) is 18.8 Å². The van der Waals surface area contributed by atoms with Crippen molar-refractivity contribution in [1.82, 2.24) is 5.32 Å². The van der Waals surface area contributed by atoms with E-state index in [9.17, 15) is 4.79 Å². The van der Waals surface area contributed by atoms with Gasteiger partial charge in [0.05, 0.1) is 6.42 Å². The van der Waals surface area contributed by atoms with Crippen LogP contribution in [0.15, 0.2) is 22.8 Å². The first-order chi connectivity index (χ1) is 6.09. The smallest absolute Gasteiger partial charge is 0.307 e. The van der Waals surface area contributed by atoms with Gasteiger partial charge < -0.3 is 16.2 Å². The lowest BCUT2D eigenvalue weighted by atomic mass is 10.2. The molecule has 0 aromatic carbocycles. The van der Waals surface area contributed by atoms with Crippen LogP contribution in [0, 0.1) is 0 Å². The molecule has 0 aromatic heterocycles. The quantitative estimate of drug-likeness (QED) is 0.629. The zero-order chi connectivity index (χ0) is 9.84. The maximum absolute atomic E-state index is 10.3. The number of aliphatic carboxylic acids is 1. The summed E-state index contributed by atoms with van der Waals surface area (Å²) in [7, 11) is 0. The standard InChI is InChI=1S/C8H12N2O2S/c1-5(2-3-7(11)12)6-4-13-8(9)10-6/h2,4,8,10H,3,9H2,1H3,(H,11,12)/b5-2+. The Labute approximate surface area is 80.9 Å². The molecule has 1 rings (SSSR count). The number of hydrogen-bond donors (Lipinski definition) is 3. The van der Waals surface area contributed by atoms with Crippen molar-refractivity contribution in [3.8, 4) is 0 Å². The summed E-state index contributed by atoms with van der Waals surface area (Å²) in [6, 6.07) is 0. The van der Waals surface area contributed by atoms with Gasteiger partial charge in [-0.25, -0.2) is 0 Å². The average molecular weight is 200 g/mol. The predicted octanol–water partition coefficient (Wildman–Crippen LogP) is 0.827. The summed E-state index contributed by atoms with van der Waals surface area (Å²) in [6.07, 6.45) is 1.71. The fourth-order valence-corrected chi connectivity index (χ4v) is 1.65. The Morgan fingerprint density at radius 3 is 3.08 bits per heavy atom. The molecule has 13 heavy (non-hydrogen) atoms. The van der Waals surface area contributed by atoms with Gasteiger partial charge >= 0.3 is 5.97 Å². The lowest BCUT2D eigenvalue weighted by molar-refractivity contribution is -0.136. The fourth-order valence-electron chi connectivity index (χ4n) is 0.920. The van der Waals surface area contributed by atoms with Gasteiger partial charge in [0.2, 0.25) is 0 Å². The lowest BCUT2D eigenvalue weighted by Crippen LogP contribution is -2.29. The number of carbonyl (C=O) groups is 1. The Hall–Kier alpha value is -0.940. The summed E-state index contributed by atoms with van der Waals surface area (Å²) in [6.45, 7) is 1.86. The zero-order valence-corrected chi connectivity index (χ0v) is 8.10. The minimum atomic E-state index is -0.824. The third-order valence-corrected chi connectivity index (χ3v) is 2.42. The number of carboxylic acids is 1. The minimum Gasteiger partial charge on any atom is -0.481 e. The molecule has 0 amide bonds. The van der Waals surface area contributed by atoms with Gasteiger partial charge in [0.25, 0.3) is 0 Å². The molecule has 0 spiro atoms. The van der Waals surface area contributed by atoms with Crippen LogP contribution in [-0.4, -0.2) is 16.6 Å². The van der Waals surface area contributed by atoms with Crippen molar-refractivity contribution in [3.63, 3.8) is 0 Å². The molecule has 0 fully saturated rings. The molecule has 1 unspecified atom stereocenters. The Bertz CT molecular complexity index is 273. The molecule has 72 valence electrons. The second kappa shape index (κ2) is 4.34. The van der Waals surface area contributed by atoms with Crippen molar-refractivity contribution in [2.24, 2.45) is 5.73 Å². The van der Waals surface area contributed by atoms with Crippen molar-refractivity contribution < 1.29 is 9.90 Å². The number of carboxylic acid groups (broad SMARTS) is 1. The van der Waals surface area contributed by atoms with Crippen LogP contribution in [-0.2, 0) is 4.79 Å². The number of hydrogen-bond acceptors (Lipinski definition) is 4. The maximum atomic E-state index is 10.3. The summed E-state index contributed by atoms with van der Waals surface area (Å²) < 4.78 is 0. The highest BCUT2D eigenvalue weighted by Gasteiger charge is 2.12. The van der Waals surface area contributed by atoms with Crippen LogP contribution in [0.4, 0.5) is 0 Å². The van der Waals surface area contributed by atoms with Gasteiger partial charge in [-0.1, -0.05) is 17.8 Å². The molecule has 5 heteroatoms. The maximum Gasteiger partial charge on any atom is 0.307 e. The molecule has 1 atom stereocenters. The summed E-state index contributed by atoms with van der Waals surface area (Å²) in [5.41, 5.74) is 7.30. The SMILES string of the molecule is C/C(=C\CC(=O)O)C1=CSC(N)N1. The molecule has 0 aromatic rings. The van der Waals surface area contributed by atoms with E-state index in [4.69, 9.17) is 10.8 Å². The van der Waals surface area contributed by atoms with Gasteiger partial charge in [0, 0.05) is 5.70 Å². The summed E-state index contributed by atoms with van der Waals surface area (Å²) in [5, 5.41) is 13.4. The monoisotopic (exact) mass is 200 g/mol.